The molecule has 3 atom stereocenters. The third-order valence-corrected chi connectivity index (χ3v) is 6.92. The van der Waals surface area contributed by atoms with Crippen molar-refractivity contribution >= 4 is 11.7 Å². The molecule has 1 amide bonds. The van der Waals surface area contributed by atoms with Gasteiger partial charge in [0.05, 0.1) is 26.0 Å². The predicted molar refractivity (Wildman–Crippen MR) is 134 cm³/mol. The first kappa shape index (κ1) is 25.8. The highest BCUT2D eigenvalue weighted by atomic mass is 19.4. The van der Waals surface area contributed by atoms with Crippen molar-refractivity contribution in [1.82, 2.24) is 25.4 Å². The van der Waals surface area contributed by atoms with Gasteiger partial charge in [-0.05, 0) is 49.2 Å². The number of ether oxygens (including phenoxy) is 2. The fraction of sp³-hybridized carbons (Fsp3) is 0.423. The Labute approximate surface area is 217 Å². The molecule has 2 unspecified atom stereocenters. The van der Waals surface area contributed by atoms with Crippen LogP contribution in [0.2, 0.25) is 0 Å². The Morgan fingerprint density at radius 2 is 1.95 bits per heavy atom. The van der Waals surface area contributed by atoms with E-state index < -0.39 is 18.3 Å². The summed E-state index contributed by atoms with van der Waals surface area (Å²) in [6.45, 7) is 1.65. The molecule has 0 bridgehead atoms. The fourth-order valence-corrected chi connectivity index (χ4v) is 4.92. The quantitative estimate of drug-likeness (QED) is 0.441. The number of alkyl halides is 3. The molecule has 0 saturated carbocycles. The minimum atomic E-state index is -4.51. The Kier molecular flexibility index (Phi) is 7.15. The second-order valence-corrected chi connectivity index (χ2v) is 9.41. The van der Waals surface area contributed by atoms with Crippen LogP contribution in [-0.2, 0) is 0 Å². The number of methoxy groups -OCH3 is 2. The first-order valence-electron chi connectivity index (χ1n) is 12.4. The van der Waals surface area contributed by atoms with Gasteiger partial charge in [0.1, 0.15) is 11.5 Å². The number of aromatic nitrogens is 3. The number of fused-ring (bicyclic) bond motifs is 1. The molecule has 2 aliphatic rings. The van der Waals surface area contributed by atoms with E-state index in [1.165, 1.54) is 20.4 Å². The average molecular weight is 531 g/mol. The summed E-state index contributed by atoms with van der Waals surface area (Å²) >= 11 is 0. The highest BCUT2D eigenvalue weighted by Gasteiger charge is 2.46. The summed E-state index contributed by atoms with van der Waals surface area (Å²) < 4.78 is 53.9. The zero-order valence-electron chi connectivity index (χ0n) is 21.0. The second kappa shape index (κ2) is 10.5. The Balaban J connectivity index is 1.39. The lowest BCUT2D eigenvalue weighted by molar-refractivity contribution is -0.173. The molecule has 9 nitrogen and oxygen atoms in total. The van der Waals surface area contributed by atoms with Crippen LogP contribution >= 0.6 is 0 Å². The molecular formula is C26H29F3N6O3. The smallest absolute Gasteiger partial charge is 0.410 e. The number of carbonyl (C=O) groups excluding carboxylic acids is 1. The Morgan fingerprint density at radius 3 is 2.61 bits per heavy atom. The summed E-state index contributed by atoms with van der Waals surface area (Å²) in [6, 6.07) is 7.42. The highest BCUT2D eigenvalue weighted by molar-refractivity contribution is 5.92. The Morgan fingerprint density at radius 1 is 1.13 bits per heavy atom. The number of benzene rings is 1. The van der Waals surface area contributed by atoms with Crippen LogP contribution in [0.25, 0.3) is 11.3 Å². The summed E-state index contributed by atoms with van der Waals surface area (Å²) in [7, 11) is 2.98. The van der Waals surface area contributed by atoms with Crippen molar-refractivity contribution < 1.29 is 27.4 Å². The zero-order chi connectivity index (χ0) is 26.9. The number of amides is 1. The number of hydrogen-bond acceptors (Lipinski definition) is 7. The summed E-state index contributed by atoms with van der Waals surface area (Å²) in [6.07, 6.45) is -1.42. The Hall–Kier alpha value is -3.80. The maximum Gasteiger partial charge on any atom is 0.410 e. The van der Waals surface area contributed by atoms with E-state index in [1.54, 1.807) is 36.4 Å². The normalized spacial score (nSPS) is 21.2. The minimum absolute atomic E-state index is 0.0431. The van der Waals surface area contributed by atoms with E-state index in [4.69, 9.17) is 9.47 Å². The summed E-state index contributed by atoms with van der Waals surface area (Å²) in [4.78, 5) is 16.8. The molecule has 0 aliphatic carbocycles. The predicted octanol–water partition coefficient (Wildman–Crippen LogP) is 4.10. The molecule has 5 rings (SSSR count). The van der Waals surface area contributed by atoms with Gasteiger partial charge >= 0.3 is 6.18 Å². The maximum absolute atomic E-state index is 14.1. The number of nitrogens with one attached hydrogen (secondary N) is 3. The van der Waals surface area contributed by atoms with Gasteiger partial charge in [0, 0.05) is 36.8 Å². The van der Waals surface area contributed by atoms with Gasteiger partial charge in [-0.25, -0.2) is 4.68 Å². The van der Waals surface area contributed by atoms with Crippen LogP contribution in [0.5, 0.6) is 11.5 Å². The van der Waals surface area contributed by atoms with Gasteiger partial charge in [-0.2, -0.15) is 18.3 Å². The number of hydrogen-bond donors (Lipinski definition) is 3. The van der Waals surface area contributed by atoms with Gasteiger partial charge in [0.25, 0.3) is 5.91 Å². The number of rotatable bonds is 6. The van der Waals surface area contributed by atoms with Gasteiger partial charge in [0.15, 0.2) is 17.5 Å². The van der Waals surface area contributed by atoms with Crippen molar-refractivity contribution in [1.29, 1.82) is 0 Å². The molecule has 0 spiro atoms. The van der Waals surface area contributed by atoms with Crippen LogP contribution in [0.4, 0.5) is 19.0 Å². The van der Waals surface area contributed by atoms with E-state index in [2.05, 4.69) is 26.0 Å². The molecule has 2 aliphatic heterocycles. The fourth-order valence-electron chi connectivity index (χ4n) is 4.92. The molecular weight excluding hydrogens is 501 g/mol. The first-order valence-corrected chi connectivity index (χ1v) is 12.4. The van der Waals surface area contributed by atoms with E-state index in [0.29, 0.717) is 34.9 Å². The van der Waals surface area contributed by atoms with Crippen molar-refractivity contribution in [2.75, 3.05) is 32.6 Å². The molecule has 4 heterocycles. The van der Waals surface area contributed by atoms with Crippen molar-refractivity contribution in [3.8, 4) is 22.8 Å². The molecule has 3 N–H and O–H groups in total. The molecule has 1 fully saturated rings. The molecule has 3 aromatic rings. The van der Waals surface area contributed by atoms with Crippen LogP contribution < -0.4 is 25.4 Å². The van der Waals surface area contributed by atoms with Gasteiger partial charge in [-0.3, -0.25) is 9.78 Å². The van der Waals surface area contributed by atoms with E-state index in [-0.39, 0.29) is 29.9 Å². The van der Waals surface area contributed by atoms with Crippen molar-refractivity contribution in [3.05, 3.63) is 53.9 Å². The lowest BCUT2D eigenvalue weighted by Crippen LogP contribution is -2.45. The van der Waals surface area contributed by atoms with Crippen LogP contribution in [0, 0.1) is 0 Å². The number of carbonyl (C=O) groups is 1. The molecule has 0 radical (unpaired) electrons. The SMILES string of the molecule is COc1ccc(C2CC(C(F)(F)F)n3nc(-c4ccc(C(=O)N[C@H]5CCCNC5)nc4)cc3N2)cc1OC. The van der Waals surface area contributed by atoms with Crippen LogP contribution in [0.1, 0.15) is 47.4 Å². The summed E-state index contributed by atoms with van der Waals surface area (Å²) in [5, 5.41) is 13.6. The van der Waals surface area contributed by atoms with Gasteiger partial charge in [-0.15, -0.1) is 0 Å². The van der Waals surface area contributed by atoms with Gasteiger partial charge in [0.2, 0.25) is 0 Å². The van der Waals surface area contributed by atoms with Crippen LogP contribution in [0.3, 0.4) is 0 Å². The van der Waals surface area contributed by atoms with Crippen molar-refractivity contribution in [3.63, 3.8) is 0 Å². The standard InChI is InChI=1S/C26H29F3N6O3/c1-37-21-8-6-15(10-22(21)38-2)19-11-23(26(27,28)29)35-24(33-19)12-20(34-35)16-5-7-18(31-13-16)25(36)32-17-4-3-9-30-14-17/h5-8,10,12-13,17,19,23,30,33H,3-4,9,11,14H2,1-2H3,(H,32,36)/t17-,19?,23?/m0/s1. The molecule has 2 aromatic heterocycles. The first-order chi connectivity index (χ1) is 18.3. The number of halogens is 3. The number of nitrogens with zero attached hydrogens (tertiary/aromatic N) is 3. The van der Waals surface area contributed by atoms with E-state index in [0.717, 1.165) is 24.1 Å². The average Bonchev–Trinajstić information content (AvgIpc) is 3.36. The monoisotopic (exact) mass is 530 g/mol. The topological polar surface area (TPSA) is 102 Å². The third kappa shape index (κ3) is 5.26. The largest absolute Gasteiger partial charge is 0.493 e. The minimum Gasteiger partial charge on any atom is -0.493 e. The number of piperidine rings is 1. The highest BCUT2D eigenvalue weighted by Crippen LogP contribution is 2.45. The van der Waals surface area contributed by atoms with Crippen molar-refractivity contribution in [2.45, 2.75) is 43.6 Å². The summed E-state index contributed by atoms with van der Waals surface area (Å²) in [5.41, 5.74) is 1.71. The third-order valence-electron chi connectivity index (χ3n) is 6.92. The lowest BCUT2D eigenvalue weighted by Gasteiger charge is -2.33. The second-order valence-electron chi connectivity index (χ2n) is 9.41. The van der Waals surface area contributed by atoms with Crippen LogP contribution in [-0.4, -0.2) is 60.2 Å². The number of pyridine rings is 1. The van der Waals surface area contributed by atoms with E-state index in [9.17, 15) is 18.0 Å². The number of anilines is 1. The summed E-state index contributed by atoms with van der Waals surface area (Å²) in [5.74, 6) is 0.878. The van der Waals surface area contributed by atoms with Gasteiger partial charge in [-0.1, -0.05) is 6.07 Å². The molecule has 202 valence electrons. The maximum atomic E-state index is 14.1. The molecule has 38 heavy (non-hydrogen) atoms. The van der Waals surface area contributed by atoms with E-state index in [1.807, 2.05) is 0 Å². The Bertz CT molecular complexity index is 1290. The molecule has 1 saturated heterocycles. The van der Waals surface area contributed by atoms with Gasteiger partial charge < -0.3 is 25.4 Å². The lowest BCUT2D eigenvalue weighted by atomic mass is 9.96. The van der Waals surface area contributed by atoms with Crippen LogP contribution in [0.15, 0.2) is 42.6 Å². The van der Waals surface area contributed by atoms with Crippen molar-refractivity contribution in [2.24, 2.45) is 0 Å². The molecule has 1 aromatic carbocycles. The molecule has 12 heteroatoms. The zero-order valence-corrected chi connectivity index (χ0v) is 21.0. The van der Waals surface area contributed by atoms with E-state index >= 15 is 0 Å².